The van der Waals surface area contributed by atoms with Crippen LogP contribution in [0.5, 0.6) is 0 Å². The highest BCUT2D eigenvalue weighted by molar-refractivity contribution is 5.93. The Hall–Kier alpha value is -2.30. The van der Waals surface area contributed by atoms with Crippen LogP contribution in [0.2, 0.25) is 0 Å². The number of carbonyl (C=O) groups is 2. The van der Waals surface area contributed by atoms with E-state index in [1.165, 1.54) is 31.4 Å². The summed E-state index contributed by atoms with van der Waals surface area (Å²) < 4.78 is 5.08. The van der Waals surface area contributed by atoms with Crippen molar-refractivity contribution in [3.63, 3.8) is 0 Å². The monoisotopic (exact) mass is 356 g/mol. The zero-order valence-electron chi connectivity index (χ0n) is 15.3. The second-order valence-corrected chi connectivity index (χ2v) is 7.13. The van der Waals surface area contributed by atoms with E-state index in [4.69, 9.17) is 4.74 Å². The fourth-order valence-electron chi connectivity index (χ4n) is 3.57. The molecule has 1 aliphatic carbocycles. The molecule has 0 unspecified atom stereocenters. The quantitative estimate of drug-likeness (QED) is 0.620. The van der Waals surface area contributed by atoms with Gasteiger partial charge in [0.1, 0.15) is 0 Å². The van der Waals surface area contributed by atoms with Gasteiger partial charge in [0.25, 0.3) is 5.91 Å². The van der Waals surface area contributed by atoms with Crippen LogP contribution in [0.15, 0.2) is 36.4 Å². The molecular formula is C21H28N2O3. The zero-order valence-corrected chi connectivity index (χ0v) is 15.3. The van der Waals surface area contributed by atoms with Crippen molar-refractivity contribution in [1.82, 2.24) is 0 Å². The Morgan fingerprint density at radius 3 is 2.46 bits per heavy atom. The summed E-state index contributed by atoms with van der Waals surface area (Å²) in [5, 5.41) is 2.78. The molecule has 3 rings (SSSR count). The van der Waals surface area contributed by atoms with Gasteiger partial charge in [0.15, 0.2) is 6.61 Å². The van der Waals surface area contributed by atoms with E-state index in [0.717, 1.165) is 31.6 Å². The third-order valence-corrected chi connectivity index (χ3v) is 5.03. The number of esters is 1. The molecule has 1 aromatic carbocycles. The SMILES string of the molecule is O=C(COC(=O)C[C@@H]1C=CCC1)Nc1ccc(N2CCCCCC2)cc1. The molecule has 0 aromatic heterocycles. The summed E-state index contributed by atoms with van der Waals surface area (Å²) in [5.41, 5.74) is 1.92. The third-order valence-electron chi connectivity index (χ3n) is 5.03. The molecule has 5 heteroatoms. The van der Waals surface area contributed by atoms with E-state index in [1.54, 1.807) is 0 Å². The predicted octanol–water partition coefficient (Wildman–Crippen LogP) is 3.91. The molecule has 0 saturated carbocycles. The number of nitrogens with zero attached hydrogens (tertiary/aromatic N) is 1. The molecule has 1 heterocycles. The van der Waals surface area contributed by atoms with Crippen LogP contribution < -0.4 is 10.2 Å². The summed E-state index contributed by atoms with van der Waals surface area (Å²) >= 11 is 0. The van der Waals surface area contributed by atoms with E-state index in [0.29, 0.717) is 6.42 Å². The molecule has 0 bridgehead atoms. The summed E-state index contributed by atoms with van der Waals surface area (Å²) in [4.78, 5) is 26.1. The van der Waals surface area contributed by atoms with Gasteiger partial charge in [-0.25, -0.2) is 0 Å². The fourth-order valence-corrected chi connectivity index (χ4v) is 3.57. The number of anilines is 2. The maximum atomic E-state index is 12.0. The molecule has 5 nitrogen and oxygen atoms in total. The van der Waals surface area contributed by atoms with Crippen molar-refractivity contribution < 1.29 is 14.3 Å². The molecule has 1 fully saturated rings. The number of ether oxygens (including phenoxy) is 1. The first-order valence-corrected chi connectivity index (χ1v) is 9.68. The van der Waals surface area contributed by atoms with Gasteiger partial charge in [0.05, 0.1) is 6.42 Å². The van der Waals surface area contributed by atoms with E-state index < -0.39 is 0 Å². The molecule has 0 spiro atoms. The summed E-state index contributed by atoms with van der Waals surface area (Å²) in [6.45, 7) is 1.96. The smallest absolute Gasteiger partial charge is 0.306 e. The van der Waals surface area contributed by atoms with Crippen molar-refractivity contribution in [3.05, 3.63) is 36.4 Å². The van der Waals surface area contributed by atoms with Crippen LogP contribution in [0.25, 0.3) is 0 Å². The van der Waals surface area contributed by atoms with E-state index in [2.05, 4.69) is 16.3 Å². The number of nitrogens with one attached hydrogen (secondary N) is 1. The van der Waals surface area contributed by atoms with Gasteiger partial charge < -0.3 is 15.0 Å². The van der Waals surface area contributed by atoms with Crippen molar-refractivity contribution in [2.24, 2.45) is 5.92 Å². The highest BCUT2D eigenvalue weighted by Gasteiger charge is 2.16. The van der Waals surface area contributed by atoms with Gasteiger partial charge >= 0.3 is 5.97 Å². The van der Waals surface area contributed by atoms with Crippen LogP contribution in [0.4, 0.5) is 11.4 Å². The predicted molar refractivity (Wildman–Crippen MR) is 103 cm³/mol. The Morgan fingerprint density at radius 1 is 1.08 bits per heavy atom. The summed E-state index contributed by atoms with van der Waals surface area (Å²) in [7, 11) is 0. The second kappa shape index (κ2) is 9.41. The Bertz CT molecular complexity index is 631. The molecule has 0 radical (unpaired) electrons. The third kappa shape index (κ3) is 5.61. The number of rotatable bonds is 6. The van der Waals surface area contributed by atoms with Gasteiger partial charge in [-0.2, -0.15) is 0 Å². The normalized spacial score (nSPS) is 19.8. The molecule has 2 aliphatic rings. The number of amides is 1. The molecule has 1 aliphatic heterocycles. The van der Waals surface area contributed by atoms with Gasteiger partial charge in [-0.05, 0) is 55.9 Å². The van der Waals surface area contributed by atoms with E-state index >= 15 is 0 Å². The Kier molecular flexibility index (Phi) is 6.69. The molecule has 1 saturated heterocycles. The van der Waals surface area contributed by atoms with Crippen LogP contribution in [0.3, 0.4) is 0 Å². The van der Waals surface area contributed by atoms with Gasteiger partial charge in [-0.15, -0.1) is 0 Å². The van der Waals surface area contributed by atoms with Gasteiger partial charge in [0.2, 0.25) is 0 Å². The van der Waals surface area contributed by atoms with Crippen molar-refractivity contribution >= 4 is 23.3 Å². The van der Waals surface area contributed by atoms with E-state index in [-0.39, 0.29) is 24.4 Å². The summed E-state index contributed by atoms with van der Waals surface area (Å²) in [6, 6.07) is 7.89. The van der Waals surface area contributed by atoms with Crippen LogP contribution in [-0.4, -0.2) is 31.6 Å². The molecule has 1 aromatic rings. The standard InChI is InChI=1S/C21H28N2O3/c24-20(16-26-21(25)15-17-7-3-4-8-17)22-18-9-11-19(12-10-18)23-13-5-1-2-6-14-23/h3,7,9-12,17H,1-2,4-6,8,13-16H2,(H,22,24)/t17-/m1/s1. The highest BCUT2D eigenvalue weighted by atomic mass is 16.5. The first-order chi connectivity index (χ1) is 12.7. The lowest BCUT2D eigenvalue weighted by atomic mass is 10.1. The number of hydrogen-bond donors (Lipinski definition) is 1. The maximum Gasteiger partial charge on any atom is 0.306 e. The largest absolute Gasteiger partial charge is 0.456 e. The topological polar surface area (TPSA) is 58.6 Å². The van der Waals surface area contributed by atoms with Gasteiger partial charge in [-0.1, -0.05) is 25.0 Å². The van der Waals surface area contributed by atoms with Crippen molar-refractivity contribution in [2.45, 2.75) is 44.9 Å². The highest BCUT2D eigenvalue weighted by Crippen LogP contribution is 2.22. The number of allylic oxidation sites excluding steroid dienone is 2. The van der Waals surface area contributed by atoms with Crippen LogP contribution in [0.1, 0.15) is 44.9 Å². The fraction of sp³-hybridized carbons (Fsp3) is 0.524. The Labute approximate surface area is 155 Å². The minimum Gasteiger partial charge on any atom is -0.456 e. The number of hydrogen-bond acceptors (Lipinski definition) is 4. The number of carbonyl (C=O) groups excluding carboxylic acids is 2. The zero-order chi connectivity index (χ0) is 18.2. The molecule has 1 N–H and O–H groups in total. The first kappa shape index (κ1) is 18.5. The van der Waals surface area contributed by atoms with E-state index in [9.17, 15) is 9.59 Å². The van der Waals surface area contributed by atoms with Crippen molar-refractivity contribution in [1.29, 1.82) is 0 Å². The van der Waals surface area contributed by atoms with Crippen LogP contribution >= 0.6 is 0 Å². The molecule has 140 valence electrons. The summed E-state index contributed by atoms with van der Waals surface area (Å²) in [6.07, 6.45) is 11.6. The van der Waals surface area contributed by atoms with E-state index in [1.807, 2.05) is 30.3 Å². The molecular weight excluding hydrogens is 328 g/mol. The van der Waals surface area contributed by atoms with Crippen molar-refractivity contribution in [3.8, 4) is 0 Å². The van der Waals surface area contributed by atoms with Gasteiger partial charge in [-0.3, -0.25) is 9.59 Å². The lowest BCUT2D eigenvalue weighted by molar-refractivity contribution is -0.147. The molecule has 1 amide bonds. The number of benzene rings is 1. The average molecular weight is 356 g/mol. The second-order valence-electron chi connectivity index (χ2n) is 7.13. The minimum atomic E-state index is -0.312. The lowest BCUT2D eigenvalue weighted by Crippen LogP contribution is -2.24. The van der Waals surface area contributed by atoms with Gasteiger partial charge in [0, 0.05) is 24.5 Å². The molecule has 1 atom stereocenters. The average Bonchev–Trinajstić information content (AvgIpc) is 3.00. The first-order valence-electron chi connectivity index (χ1n) is 9.68. The minimum absolute atomic E-state index is 0.233. The summed E-state index contributed by atoms with van der Waals surface area (Å²) in [5.74, 6) is -0.354. The van der Waals surface area contributed by atoms with Crippen LogP contribution in [-0.2, 0) is 14.3 Å². The maximum absolute atomic E-state index is 12.0. The van der Waals surface area contributed by atoms with Crippen molar-refractivity contribution in [2.75, 3.05) is 29.9 Å². The Balaban J connectivity index is 1.42. The lowest BCUT2D eigenvalue weighted by Gasteiger charge is -2.22. The van der Waals surface area contributed by atoms with Crippen LogP contribution in [0, 0.1) is 5.92 Å². The Morgan fingerprint density at radius 2 is 1.81 bits per heavy atom. The molecule has 26 heavy (non-hydrogen) atoms.